The molecule has 1 aliphatic rings. The van der Waals surface area contributed by atoms with Gasteiger partial charge in [-0.05, 0) is 25.8 Å². The van der Waals surface area contributed by atoms with E-state index in [9.17, 15) is 10.1 Å². The molecule has 8 nitrogen and oxygen atoms in total. The first-order chi connectivity index (χ1) is 10.1. The lowest BCUT2D eigenvalue weighted by Gasteiger charge is -2.32. The van der Waals surface area contributed by atoms with Crippen molar-refractivity contribution in [1.82, 2.24) is 19.7 Å². The van der Waals surface area contributed by atoms with E-state index < -0.39 is 4.92 Å². The fourth-order valence-corrected chi connectivity index (χ4v) is 2.66. The lowest BCUT2D eigenvalue weighted by molar-refractivity contribution is -0.385. The molecule has 1 aliphatic heterocycles. The summed E-state index contributed by atoms with van der Waals surface area (Å²) in [5.74, 6) is 0.801. The van der Waals surface area contributed by atoms with Crippen LogP contribution in [0.3, 0.4) is 0 Å². The molecule has 0 spiro atoms. The molecule has 0 N–H and O–H groups in total. The Bertz CT molecular complexity index is 634. The van der Waals surface area contributed by atoms with Gasteiger partial charge in [-0.25, -0.2) is 14.6 Å². The lowest BCUT2D eigenvalue weighted by atomic mass is 10.1. The fraction of sp³-hybridized carbons (Fsp3) is 0.462. The number of nitro groups is 1. The molecule has 8 heteroatoms. The van der Waals surface area contributed by atoms with Crippen LogP contribution in [-0.4, -0.2) is 37.8 Å². The van der Waals surface area contributed by atoms with Gasteiger partial charge in [0.2, 0.25) is 0 Å². The van der Waals surface area contributed by atoms with Gasteiger partial charge in [-0.3, -0.25) is 10.1 Å². The number of anilines is 1. The summed E-state index contributed by atoms with van der Waals surface area (Å²) in [6, 6.07) is 2.15. The quantitative estimate of drug-likeness (QED) is 0.631. The Hall–Kier alpha value is -2.51. The van der Waals surface area contributed by atoms with Crippen molar-refractivity contribution in [2.45, 2.75) is 25.8 Å². The van der Waals surface area contributed by atoms with Crippen LogP contribution >= 0.6 is 0 Å². The van der Waals surface area contributed by atoms with Gasteiger partial charge in [0.25, 0.3) is 5.69 Å². The summed E-state index contributed by atoms with van der Waals surface area (Å²) in [6.07, 6.45) is 6.55. The predicted molar refractivity (Wildman–Crippen MR) is 76.1 cm³/mol. The zero-order chi connectivity index (χ0) is 14.8. The number of pyridine rings is 1. The molecule has 0 amide bonds. The smallest absolute Gasteiger partial charge is 0.290 e. The molecule has 0 aromatic carbocycles. The highest BCUT2D eigenvalue weighted by atomic mass is 16.6. The van der Waals surface area contributed by atoms with E-state index in [-0.39, 0.29) is 5.69 Å². The molecule has 3 rings (SSSR count). The zero-order valence-electron chi connectivity index (χ0n) is 11.7. The van der Waals surface area contributed by atoms with E-state index >= 15 is 0 Å². The van der Waals surface area contributed by atoms with E-state index in [4.69, 9.17) is 0 Å². The van der Waals surface area contributed by atoms with Gasteiger partial charge >= 0.3 is 0 Å². The van der Waals surface area contributed by atoms with Gasteiger partial charge in [0.05, 0.1) is 11.0 Å². The van der Waals surface area contributed by atoms with Crippen molar-refractivity contribution >= 4 is 11.5 Å². The molecule has 0 bridgehead atoms. The number of hydrogen-bond donors (Lipinski definition) is 0. The third-order valence-corrected chi connectivity index (χ3v) is 3.86. The highest BCUT2D eigenvalue weighted by Gasteiger charge is 2.23. The van der Waals surface area contributed by atoms with Crippen molar-refractivity contribution in [3.05, 3.63) is 40.6 Å². The van der Waals surface area contributed by atoms with Crippen molar-refractivity contribution in [3.8, 4) is 0 Å². The van der Waals surface area contributed by atoms with Crippen LogP contribution in [0.5, 0.6) is 0 Å². The number of aryl methyl sites for hydroxylation is 1. The summed E-state index contributed by atoms with van der Waals surface area (Å²) in [6.45, 7) is 3.45. The topological polar surface area (TPSA) is 90.0 Å². The van der Waals surface area contributed by atoms with Crippen molar-refractivity contribution in [1.29, 1.82) is 0 Å². The van der Waals surface area contributed by atoms with Gasteiger partial charge in [0.1, 0.15) is 24.7 Å². The monoisotopic (exact) mass is 288 g/mol. The maximum absolute atomic E-state index is 10.8. The number of nitrogens with zero attached hydrogens (tertiary/aromatic N) is 6. The highest BCUT2D eigenvalue weighted by Crippen LogP contribution is 2.27. The minimum absolute atomic E-state index is 0.0660. The van der Waals surface area contributed by atoms with E-state index in [1.807, 2.05) is 4.68 Å². The van der Waals surface area contributed by atoms with E-state index in [0.717, 1.165) is 31.7 Å². The van der Waals surface area contributed by atoms with Crippen LogP contribution in [0.2, 0.25) is 0 Å². The molecule has 0 atom stereocenters. The Morgan fingerprint density at radius 1 is 1.38 bits per heavy atom. The van der Waals surface area contributed by atoms with E-state index in [1.54, 1.807) is 25.6 Å². The van der Waals surface area contributed by atoms with Crippen LogP contribution in [0.25, 0.3) is 0 Å². The number of piperidine rings is 1. The van der Waals surface area contributed by atoms with Gasteiger partial charge in [-0.15, -0.1) is 0 Å². The van der Waals surface area contributed by atoms with Crippen LogP contribution < -0.4 is 4.90 Å². The summed E-state index contributed by atoms with van der Waals surface area (Å²) in [5.41, 5.74) is 0.708. The first-order valence-electron chi connectivity index (χ1n) is 6.85. The molecule has 1 saturated heterocycles. The lowest BCUT2D eigenvalue weighted by Crippen LogP contribution is -2.35. The maximum atomic E-state index is 10.8. The van der Waals surface area contributed by atoms with E-state index in [1.165, 1.54) is 6.20 Å². The molecule has 0 unspecified atom stereocenters. The maximum Gasteiger partial charge on any atom is 0.290 e. The molecular formula is C13H16N6O2. The molecular weight excluding hydrogens is 272 g/mol. The minimum Gasteiger partial charge on any atom is -0.356 e. The Morgan fingerprint density at radius 2 is 2.14 bits per heavy atom. The van der Waals surface area contributed by atoms with Gasteiger partial charge in [0.15, 0.2) is 0 Å². The SMILES string of the molecule is Cc1cc(N2CCC(n3cncn3)CC2)ncc1[N+](=O)[O-]. The summed E-state index contributed by atoms with van der Waals surface area (Å²) >= 11 is 0. The number of rotatable bonds is 3. The van der Waals surface area contributed by atoms with E-state index in [0.29, 0.717) is 11.6 Å². The van der Waals surface area contributed by atoms with Crippen molar-refractivity contribution < 1.29 is 4.92 Å². The second-order valence-electron chi connectivity index (χ2n) is 5.18. The van der Waals surface area contributed by atoms with Crippen LogP contribution in [-0.2, 0) is 0 Å². The third kappa shape index (κ3) is 2.69. The Balaban J connectivity index is 1.69. The molecule has 3 heterocycles. The summed E-state index contributed by atoms with van der Waals surface area (Å²) in [7, 11) is 0. The highest BCUT2D eigenvalue weighted by molar-refractivity contribution is 5.48. The largest absolute Gasteiger partial charge is 0.356 e. The standard InChI is InChI=1S/C13H16N6O2/c1-10-6-13(15-7-12(10)19(20)21)17-4-2-11(3-5-17)18-9-14-8-16-18/h6-9,11H,2-5H2,1H3. The number of aromatic nitrogens is 4. The molecule has 0 aliphatic carbocycles. The average molecular weight is 288 g/mol. The molecule has 0 radical (unpaired) electrons. The normalized spacial score (nSPS) is 16.1. The van der Waals surface area contributed by atoms with Gasteiger partial charge in [0, 0.05) is 18.7 Å². The molecule has 1 fully saturated rings. The minimum atomic E-state index is -0.400. The van der Waals surface area contributed by atoms with Crippen molar-refractivity contribution in [2.75, 3.05) is 18.0 Å². The van der Waals surface area contributed by atoms with Crippen LogP contribution in [0.1, 0.15) is 24.4 Å². The van der Waals surface area contributed by atoms with Crippen molar-refractivity contribution in [3.63, 3.8) is 0 Å². The zero-order valence-corrected chi connectivity index (χ0v) is 11.7. The molecule has 0 saturated carbocycles. The van der Waals surface area contributed by atoms with Crippen molar-refractivity contribution in [2.24, 2.45) is 0 Å². The Kier molecular flexibility index (Phi) is 3.51. The summed E-state index contributed by atoms with van der Waals surface area (Å²) in [4.78, 5) is 20.8. The van der Waals surface area contributed by atoms with Gasteiger partial charge in [-0.2, -0.15) is 5.10 Å². The van der Waals surface area contributed by atoms with Gasteiger partial charge in [-0.1, -0.05) is 0 Å². The fourth-order valence-electron chi connectivity index (χ4n) is 2.66. The third-order valence-electron chi connectivity index (χ3n) is 3.86. The number of hydrogen-bond acceptors (Lipinski definition) is 6. The Morgan fingerprint density at radius 3 is 2.71 bits per heavy atom. The molecule has 21 heavy (non-hydrogen) atoms. The first-order valence-corrected chi connectivity index (χ1v) is 6.85. The van der Waals surface area contributed by atoms with Crippen LogP contribution in [0.4, 0.5) is 11.5 Å². The molecule has 2 aromatic heterocycles. The van der Waals surface area contributed by atoms with Gasteiger partial charge < -0.3 is 4.90 Å². The average Bonchev–Trinajstić information content (AvgIpc) is 3.01. The summed E-state index contributed by atoms with van der Waals surface area (Å²) < 4.78 is 1.89. The first kappa shape index (κ1) is 13.5. The second kappa shape index (κ2) is 5.47. The van der Waals surface area contributed by atoms with E-state index in [2.05, 4.69) is 20.0 Å². The second-order valence-corrected chi connectivity index (χ2v) is 5.18. The van der Waals surface area contributed by atoms with Crippen LogP contribution in [0, 0.1) is 17.0 Å². The van der Waals surface area contributed by atoms with Crippen LogP contribution in [0.15, 0.2) is 24.9 Å². The molecule has 2 aromatic rings. The Labute approximate surface area is 121 Å². The molecule has 110 valence electrons. The summed E-state index contributed by atoms with van der Waals surface area (Å²) in [5, 5.41) is 15.0. The predicted octanol–water partition coefficient (Wildman–Crippen LogP) is 1.73.